The highest BCUT2D eigenvalue weighted by atomic mass is 16.6. The van der Waals surface area contributed by atoms with Crippen LogP contribution in [0.2, 0.25) is 0 Å². The number of nitrogens with zero attached hydrogens (tertiary/aromatic N) is 1. The molecule has 0 unspecified atom stereocenters. The van der Waals surface area contributed by atoms with Crippen LogP contribution in [0.5, 0.6) is 11.5 Å². The second-order valence-electron chi connectivity index (χ2n) is 5.13. The number of benzene rings is 2. The Labute approximate surface area is 154 Å². The first-order valence-electron chi connectivity index (χ1n) is 7.62. The van der Waals surface area contributed by atoms with Crippen molar-refractivity contribution in [1.29, 1.82) is 5.26 Å². The lowest BCUT2D eigenvalue weighted by molar-refractivity contribution is -0.136. The summed E-state index contributed by atoms with van der Waals surface area (Å²) in [5, 5.41) is 8.74. The minimum atomic E-state index is -0.753. The molecular formula is C19H15NO7. The van der Waals surface area contributed by atoms with E-state index in [0.717, 1.165) is 0 Å². The number of esters is 3. The Balaban J connectivity index is 2.09. The van der Waals surface area contributed by atoms with Gasteiger partial charge < -0.3 is 18.9 Å². The topological polar surface area (TPSA) is 112 Å². The average molecular weight is 369 g/mol. The number of methoxy groups -OCH3 is 2. The van der Waals surface area contributed by atoms with Crippen LogP contribution in [0.15, 0.2) is 42.5 Å². The molecule has 0 aliphatic heterocycles. The zero-order chi connectivity index (χ0) is 19.8. The third-order valence-electron chi connectivity index (χ3n) is 3.32. The Morgan fingerprint density at radius 3 is 1.93 bits per heavy atom. The predicted molar refractivity (Wildman–Crippen MR) is 91.4 cm³/mol. The minimum Gasteiger partial charge on any atom is -0.482 e. The van der Waals surface area contributed by atoms with Crippen LogP contribution < -0.4 is 9.47 Å². The molecule has 0 atom stereocenters. The number of rotatable bonds is 6. The third-order valence-corrected chi connectivity index (χ3v) is 3.32. The van der Waals surface area contributed by atoms with Crippen molar-refractivity contribution in [3.05, 3.63) is 59.2 Å². The normalized spacial score (nSPS) is 9.67. The van der Waals surface area contributed by atoms with Crippen molar-refractivity contribution in [3.8, 4) is 17.6 Å². The highest BCUT2D eigenvalue weighted by Gasteiger charge is 2.16. The van der Waals surface area contributed by atoms with Gasteiger partial charge in [0, 0.05) is 0 Å². The number of nitriles is 1. The molecule has 0 heterocycles. The molecule has 2 aromatic carbocycles. The van der Waals surface area contributed by atoms with Gasteiger partial charge in [0.1, 0.15) is 11.5 Å². The van der Waals surface area contributed by atoms with E-state index in [9.17, 15) is 14.4 Å². The minimum absolute atomic E-state index is 0.0243. The van der Waals surface area contributed by atoms with E-state index >= 15 is 0 Å². The molecule has 0 aliphatic rings. The van der Waals surface area contributed by atoms with E-state index in [1.165, 1.54) is 32.4 Å². The second-order valence-corrected chi connectivity index (χ2v) is 5.13. The molecule has 2 rings (SSSR count). The molecule has 0 saturated carbocycles. The SMILES string of the molecule is COC(=O)c1cc(OC(=O)COc2ccc(C#N)cc2)cc(C(=O)OC)c1. The molecule has 0 aromatic heterocycles. The zero-order valence-corrected chi connectivity index (χ0v) is 14.6. The predicted octanol–water partition coefficient (Wildman–Crippen LogP) is 2.12. The van der Waals surface area contributed by atoms with E-state index in [-0.39, 0.29) is 16.9 Å². The third kappa shape index (κ3) is 5.31. The lowest BCUT2D eigenvalue weighted by atomic mass is 10.1. The molecule has 0 bridgehead atoms. The van der Waals surface area contributed by atoms with E-state index in [0.29, 0.717) is 11.3 Å². The molecule has 0 aliphatic carbocycles. The number of hydrogen-bond acceptors (Lipinski definition) is 8. The summed E-state index contributed by atoms with van der Waals surface area (Å²) in [4.78, 5) is 35.4. The van der Waals surface area contributed by atoms with E-state index in [4.69, 9.17) is 14.7 Å². The van der Waals surface area contributed by atoms with Gasteiger partial charge in [0.2, 0.25) is 0 Å². The van der Waals surface area contributed by atoms with Crippen LogP contribution in [0.25, 0.3) is 0 Å². The molecular weight excluding hydrogens is 354 g/mol. The molecule has 0 N–H and O–H groups in total. The van der Waals surface area contributed by atoms with Crippen LogP contribution in [0.3, 0.4) is 0 Å². The molecule has 0 radical (unpaired) electrons. The molecule has 0 spiro atoms. The van der Waals surface area contributed by atoms with Crippen LogP contribution >= 0.6 is 0 Å². The zero-order valence-electron chi connectivity index (χ0n) is 14.6. The van der Waals surface area contributed by atoms with Crippen molar-refractivity contribution in [2.24, 2.45) is 0 Å². The van der Waals surface area contributed by atoms with Gasteiger partial charge in [-0.25, -0.2) is 14.4 Å². The van der Waals surface area contributed by atoms with Crippen molar-refractivity contribution in [2.75, 3.05) is 20.8 Å². The van der Waals surface area contributed by atoms with E-state index in [2.05, 4.69) is 9.47 Å². The van der Waals surface area contributed by atoms with Gasteiger partial charge in [-0.2, -0.15) is 5.26 Å². The standard InChI is InChI=1S/C19H15NO7/c1-24-18(22)13-7-14(19(23)25-2)9-16(8-13)27-17(21)11-26-15-5-3-12(10-20)4-6-15/h3-9H,11H2,1-2H3. The lowest BCUT2D eigenvalue weighted by Gasteiger charge is -2.09. The fraction of sp³-hybridized carbons (Fsp3) is 0.158. The molecule has 8 heteroatoms. The summed E-state index contributed by atoms with van der Waals surface area (Å²) < 4.78 is 19.6. The van der Waals surface area contributed by atoms with Gasteiger partial charge in [0.15, 0.2) is 6.61 Å². The van der Waals surface area contributed by atoms with Crippen LogP contribution in [-0.4, -0.2) is 38.7 Å². The van der Waals surface area contributed by atoms with E-state index in [1.54, 1.807) is 24.3 Å². The van der Waals surface area contributed by atoms with Crippen LogP contribution in [0.1, 0.15) is 26.3 Å². The second kappa shape index (κ2) is 9.01. The summed E-state index contributed by atoms with van der Waals surface area (Å²) in [6, 6.07) is 11.9. The van der Waals surface area contributed by atoms with Crippen molar-refractivity contribution < 1.29 is 33.3 Å². The largest absolute Gasteiger partial charge is 0.482 e. The van der Waals surface area contributed by atoms with Gasteiger partial charge in [-0.1, -0.05) is 0 Å². The molecule has 0 amide bonds. The fourth-order valence-electron chi connectivity index (χ4n) is 2.06. The quantitative estimate of drug-likeness (QED) is 0.562. The maximum atomic E-state index is 12.0. The molecule has 0 fully saturated rings. The molecule has 8 nitrogen and oxygen atoms in total. The maximum absolute atomic E-state index is 12.0. The van der Waals surface area contributed by atoms with Crippen LogP contribution in [0.4, 0.5) is 0 Å². The Bertz CT molecular complexity index is 863. The molecule has 0 saturated heterocycles. The summed E-state index contributed by atoms with van der Waals surface area (Å²) >= 11 is 0. The highest BCUT2D eigenvalue weighted by Crippen LogP contribution is 2.19. The maximum Gasteiger partial charge on any atom is 0.349 e. The first-order chi connectivity index (χ1) is 13.0. The van der Waals surface area contributed by atoms with Gasteiger partial charge in [-0.15, -0.1) is 0 Å². The Morgan fingerprint density at radius 1 is 0.889 bits per heavy atom. The molecule has 27 heavy (non-hydrogen) atoms. The lowest BCUT2D eigenvalue weighted by Crippen LogP contribution is -2.18. The average Bonchev–Trinajstić information content (AvgIpc) is 2.71. The summed E-state index contributed by atoms with van der Waals surface area (Å²) in [6.07, 6.45) is 0. The van der Waals surface area contributed by atoms with Gasteiger partial charge in [0.25, 0.3) is 0 Å². The van der Waals surface area contributed by atoms with Gasteiger partial charge in [-0.05, 0) is 42.5 Å². The fourth-order valence-corrected chi connectivity index (χ4v) is 2.06. The van der Waals surface area contributed by atoms with E-state index < -0.39 is 24.5 Å². The number of ether oxygens (including phenoxy) is 4. The van der Waals surface area contributed by atoms with Crippen LogP contribution in [-0.2, 0) is 14.3 Å². The number of carbonyl (C=O) groups excluding carboxylic acids is 3. The first kappa shape index (κ1) is 19.5. The monoisotopic (exact) mass is 369 g/mol. The summed E-state index contributed by atoms with van der Waals surface area (Å²) in [5.41, 5.74) is 0.507. The molecule has 138 valence electrons. The first-order valence-corrected chi connectivity index (χ1v) is 7.62. The smallest absolute Gasteiger partial charge is 0.349 e. The summed E-state index contributed by atoms with van der Waals surface area (Å²) in [5.74, 6) is -1.81. The van der Waals surface area contributed by atoms with Crippen molar-refractivity contribution in [1.82, 2.24) is 0 Å². The van der Waals surface area contributed by atoms with Gasteiger partial charge >= 0.3 is 17.9 Å². The van der Waals surface area contributed by atoms with Crippen molar-refractivity contribution in [3.63, 3.8) is 0 Å². The Hall–Kier alpha value is -3.86. The van der Waals surface area contributed by atoms with Crippen LogP contribution in [0, 0.1) is 11.3 Å². The molecule has 2 aromatic rings. The van der Waals surface area contributed by atoms with E-state index in [1.807, 2.05) is 6.07 Å². The number of hydrogen-bond donors (Lipinski definition) is 0. The van der Waals surface area contributed by atoms with Gasteiger partial charge in [-0.3, -0.25) is 0 Å². The highest BCUT2D eigenvalue weighted by molar-refractivity contribution is 5.96. The van der Waals surface area contributed by atoms with Gasteiger partial charge in [0.05, 0.1) is 37.0 Å². The Morgan fingerprint density at radius 2 is 1.44 bits per heavy atom. The summed E-state index contributed by atoms with van der Waals surface area (Å²) in [6.45, 7) is -0.415. The van der Waals surface area contributed by atoms with Crippen molar-refractivity contribution in [2.45, 2.75) is 0 Å². The number of carbonyl (C=O) groups is 3. The Kier molecular flexibility index (Phi) is 6.49. The van der Waals surface area contributed by atoms with Crippen molar-refractivity contribution >= 4 is 17.9 Å². The summed E-state index contributed by atoms with van der Waals surface area (Å²) in [7, 11) is 2.37.